The summed E-state index contributed by atoms with van der Waals surface area (Å²) in [6.45, 7) is 4.51. The number of esters is 2. The van der Waals surface area contributed by atoms with Gasteiger partial charge in [0, 0.05) is 26.2 Å². The molecule has 0 rings (SSSR count). The van der Waals surface area contributed by atoms with Crippen molar-refractivity contribution in [3.8, 4) is 0 Å². The van der Waals surface area contributed by atoms with Gasteiger partial charge in [-0.3, -0.25) is 9.59 Å². The number of hydrogen-bond acceptors (Lipinski definition) is 14. The number of carboxylic acids is 2. The van der Waals surface area contributed by atoms with E-state index in [0.29, 0.717) is 52.9 Å². The average molecular weight is 592 g/mol. The first-order chi connectivity index (χ1) is 17.3. The van der Waals surface area contributed by atoms with Gasteiger partial charge in [-0.25, -0.2) is 0 Å². The number of carboxylic acid groups (broad SMARTS) is 2. The summed E-state index contributed by atoms with van der Waals surface area (Å²) in [6, 6.07) is 0. The van der Waals surface area contributed by atoms with Crippen LogP contribution in [0.4, 0.5) is 0 Å². The standard InChI is InChI=1S/2C11H20O7.Zn/c2*1-15-4-5-16-6-7-17-8-9-18-11(14)3-2-10(12)13;/h2*2-9H2,1H3,(H,12,13);/q;;+2/p-2. The van der Waals surface area contributed by atoms with Crippen LogP contribution in [0.25, 0.3) is 0 Å². The Morgan fingerprint density at radius 2 is 0.730 bits per heavy atom. The van der Waals surface area contributed by atoms with Crippen LogP contribution >= 0.6 is 0 Å². The zero-order chi connectivity index (χ0) is 27.3. The molecule has 0 saturated heterocycles. The molecule has 0 heterocycles. The van der Waals surface area contributed by atoms with Crippen LogP contribution in [-0.4, -0.2) is 117 Å². The van der Waals surface area contributed by atoms with Gasteiger partial charge in [0.15, 0.2) is 0 Å². The second-order valence-corrected chi connectivity index (χ2v) is 6.62. The van der Waals surface area contributed by atoms with Gasteiger partial charge in [-0.15, -0.1) is 0 Å². The first-order valence-corrected chi connectivity index (χ1v) is 11.3. The number of aliphatic carboxylic acids is 2. The first-order valence-electron chi connectivity index (χ1n) is 11.3. The zero-order valence-electron chi connectivity index (χ0n) is 21.7. The molecule has 15 heteroatoms. The van der Waals surface area contributed by atoms with Gasteiger partial charge >= 0.3 is 31.4 Å². The fourth-order valence-electron chi connectivity index (χ4n) is 1.91. The molecule has 0 aromatic rings. The smallest absolute Gasteiger partial charge is 0.550 e. The number of rotatable bonds is 24. The van der Waals surface area contributed by atoms with Crippen LogP contribution in [0.5, 0.6) is 0 Å². The second kappa shape index (κ2) is 32.3. The molecule has 0 amide bonds. The summed E-state index contributed by atoms with van der Waals surface area (Å²) < 4.78 is 39.5. The molecule has 0 atom stereocenters. The molecule has 0 radical (unpaired) electrons. The minimum atomic E-state index is -1.27. The van der Waals surface area contributed by atoms with E-state index in [0.717, 1.165) is 0 Å². The monoisotopic (exact) mass is 590 g/mol. The number of ether oxygens (including phenoxy) is 8. The average Bonchev–Trinajstić information content (AvgIpc) is 2.84. The van der Waals surface area contributed by atoms with Crippen LogP contribution in [0, 0.1) is 0 Å². The van der Waals surface area contributed by atoms with Crippen molar-refractivity contribution in [3.05, 3.63) is 0 Å². The van der Waals surface area contributed by atoms with Crippen LogP contribution < -0.4 is 10.2 Å². The maximum absolute atomic E-state index is 10.9. The Morgan fingerprint density at radius 1 is 0.459 bits per heavy atom. The number of hydrogen-bond donors (Lipinski definition) is 0. The molecule has 0 aromatic heterocycles. The van der Waals surface area contributed by atoms with Crippen molar-refractivity contribution in [3.63, 3.8) is 0 Å². The third-order valence-electron chi connectivity index (χ3n) is 3.66. The van der Waals surface area contributed by atoms with E-state index in [9.17, 15) is 29.4 Å². The van der Waals surface area contributed by atoms with E-state index in [-0.39, 0.29) is 71.6 Å². The number of carbonyl (C=O) groups excluding carboxylic acids is 4. The maximum Gasteiger partial charge on any atom is 2.00 e. The van der Waals surface area contributed by atoms with Crippen LogP contribution in [0.15, 0.2) is 0 Å². The molecule has 0 aliphatic heterocycles. The fourth-order valence-corrected chi connectivity index (χ4v) is 1.91. The largest absolute Gasteiger partial charge is 2.00 e. The Balaban J connectivity index is -0.000000608. The van der Waals surface area contributed by atoms with E-state index in [1.165, 1.54) is 0 Å². The Labute approximate surface area is 229 Å². The van der Waals surface area contributed by atoms with Crippen LogP contribution in [0.3, 0.4) is 0 Å². The first kappa shape index (κ1) is 39.8. The summed E-state index contributed by atoms with van der Waals surface area (Å²) >= 11 is 0. The van der Waals surface area contributed by atoms with Gasteiger partial charge in [-0.1, -0.05) is 0 Å². The topological polar surface area (TPSA) is 188 Å². The van der Waals surface area contributed by atoms with Crippen molar-refractivity contribution in [2.24, 2.45) is 0 Å². The molecule has 0 saturated carbocycles. The molecule has 0 aliphatic rings. The predicted octanol–water partition coefficient (Wildman–Crippen LogP) is -2.52. The molecule has 37 heavy (non-hydrogen) atoms. The Morgan fingerprint density at radius 3 is 1.00 bits per heavy atom. The molecule has 0 spiro atoms. The molecular formula is C22H38O14Zn. The van der Waals surface area contributed by atoms with Crippen molar-refractivity contribution < 1.29 is 86.8 Å². The van der Waals surface area contributed by atoms with Crippen molar-refractivity contribution >= 4 is 23.9 Å². The van der Waals surface area contributed by atoms with Gasteiger partial charge in [-0.2, -0.15) is 0 Å². The van der Waals surface area contributed by atoms with Gasteiger partial charge in [0.05, 0.1) is 78.9 Å². The van der Waals surface area contributed by atoms with Crippen LogP contribution in [0.2, 0.25) is 0 Å². The Bertz CT molecular complexity index is 513. The van der Waals surface area contributed by atoms with Crippen molar-refractivity contribution in [2.45, 2.75) is 25.7 Å². The summed E-state index contributed by atoms with van der Waals surface area (Å²) in [4.78, 5) is 42.0. The SMILES string of the molecule is COCCOCCOCCOC(=O)CCC(=O)[O-].COCCOCCOCCOC(=O)CCC(=O)[O-].[Zn+2]. The fraction of sp³-hybridized carbons (Fsp3) is 0.818. The minimum Gasteiger partial charge on any atom is -0.550 e. The molecule has 0 aromatic carbocycles. The summed E-state index contributed by atoms with van der Waals surface area (Å²) in [5, 5.41) is 20.1. The van der Waals surface area contributed by atoms with Crippen molar-refractivity contribution in [1.82, 2.24) is 0 Å². The van der Waals surface area contributed by atoms with E-state index >= 15 is 0 Å². The molecule has 0 aliphatic carbocycles. The van der Waals surface area contributed by atoms with E-state index in [2.05, 4.69) is 0 Å². The number of methoxy groups -OCH3 is 2. The van der Waals surface area contributed by atoms with Gasteiger partial charge in [0.1, 0.15) is 13.2 Å². The van der Waals surface area contributed by atoms with Gasteiger partial charge in [0.25, 0.3) is 0 Å². The quantitative estimate of drug-likeness (QED) is 0.0649. The van der Waals surface area contributed by atoms with Crippen LogP contribution in [-0.2, 0) is 76.6 Å². The molecule has 0 unspecified atom stereocenters. The molecule has 0 N–H and O–H groups in total. The second-order valence-electron chi connectivity index (χ2n) is 6.62. The normalized spacial score (nSPS) is 10.0. The Kier molecular flexibility index (Phi) is 34.7. The van der Waals surface area contributed by atoms with Crippen molar-refractivity contribution in [2.75, 3.05) is 93.5 Å². The summed E-state index contributed by atoms with van der Waals surface area (Å²) in [5.74, 6) is -3.67. The maximum atomic E-state index is 10.9. The predicted molar refractivity (Wildman–Crippen MR) is 117 cm³/mol. The summed E-state index contributed by atoms with van der Waals surface area (Å²) in [6.07, 6.45) is -1.01. The van der Waals surface area contributed by atoms with E-state index < -0.39 is 23.9 Å². The van der Waals surface area contributed by atoms with Crippen molar-refractivity contribution in [1.29, 1.82) is 0 Å². The zero-order valence-corrected chi connectivity index (χ0v) is 24.7. The summed E-state index contributed by atoms with van der Waals surface area (Å²) in [7, 11) is 3.18. The van der Waals surface area contributed by atoms with Gasteiger partial charge in [0.2, 0.25) is 0 Å². The van der Waals surface area contributed by atoms with E-state index in [1.807, 2.05) is 0 Å². The molecular weight excluding hydrogens is 554 g/mol. The van der Waals surface area contributed by atoms with Gasteiger partial charge in [-0.05, 0) is 12.8 Å². The van der Waals surface area contributed by atoms with E-state index in [4.69, 9.17) is 37.9 Å². The number of carbonyl (C=O) groups is 4. The van der Waals surface area contributed by atoms with Gasteiger partial charge < -0.3 is 57.7 Å². The third-order valence-corrected chi connectivity index (χ3v) is 3.66. The third kappa shape index (κ3) is 38.9. The molecule has 212 valence electrons. The van der Waals surface area contributed by atoms with Crippen LogP contribution in [0.1, 0.15) is 25.7 Å². The summed E-state index contributed by atoms with van der Waals surface area (Å²) in [5.41, 5.74) is 0. The molecule has 0 bridgehead atoms. The molecule has 14 nitrogen and oxygen atoms in total. The van der Waals surface area contributed by atoms with E-state index in [1.54, 1.807) is 14.2 Å². The minimum absolute atomic E-state index is 0. The Hall–Kier alpha value is -1.74. The molecule has 0 fully saturated rings.